The fourth-order valence-corrected chi connectivity index (χ4v) is 8.90. The molecule has 0 unspecified atom stereocenters. The zero-order valence-corrected chi connectivity index (χ0v) is 34.2. The summed E-state index contributed by atoms with van der Waals surface area (Å²) in [5.41, 5.74) is 0. The Balaban J connectivity index is 2.14. The van der Waals surface area contributed by atoms with Crippen molar-refractivity contribution in [1.29, 1.82) is 0 Å². The van der Waals surface area contributed by atoms with E-state index in [0.29, 0.717) is 51.5 Å². The largest absolute Gasteiger partial charge is 0.726 e. The van der Waals surface area contributed by atoms with E-state index in [1.165, 1.54) is 0 Å². The number of fused-ring (bicyclic) bond motifs is 1. The number of ether oxygens (including phenoxy) is 1. The summed E-state index contributed by atoms with van der Waals surface area (Å²) >= 11 is 0. The lowest BCUT2D eigenvalue weighted by Crippen LogP contribution is -2.45. The number of cyclic esters (lactones) is 1. The van der Waals surface area contributed by atoms with E-state index in [9.17, 15) is 48.5 Å². The van der Waals surface area contributed by atoms with Crippen LogP contribution in [0.4, 0.5) is 0 Å². The number of carbonyl (C=O) groups is 2. The van der Waals surface area contributed by atoms with Crippen LogP contribution in [0.1, 0.15) is 174 Å². The number of unbranched alkanes of at least 4 members (excludes halogenated alkanes) is 1. The van der Waals surface area contributed by atoms with Crippen molar-refractivity contribution < 1.29 is 65.8 Å². The van der Waals surface area contributed by atoms with Crippen LogP contribution in [0, 0.1) is 0 Å². The van der Waals surface area contributed by atoms with E-state index in [1.54, 1.807) is 4.90 Å². The van der Waals surface area contributed by atoms with Crippen LogP contribution in [0.3, 0.4) is 0 Å². The van der Waals surface area contributed by atoms with E-state index < -0.39 is 55.6 Å². The molecule has 2 saturated heterocycles. The summed E-state index contributed by atoms with van der Waals surface area (Å²) in [5.74, 6) is -0.313. The van der Waals surface area contributed by atoms with Gasteiger partial charge in [0.15, 0.2) is 0 Å². The number of rotatable bonds is 9. The van der Waals surface area contributed by atoms with Crippen molar-refractivity contribution in [3.8, 4) is 0 Å². The van der Waals surface area contributed by atoms with Gasteiger partial charge in [-0.2, -0.15) is 0 Å². The first-order valence-electron chi connectivity index (χ1n) is 19.9. The second kappa shape index (κ2) is 25.7. The van der Waals surface area contributed by atoms with Crippen LogP contribution in [0.2, 0.25) is 0 Å². The molecule has 5 atom stereocenters. The normalized spacial score (nSPS) is 27.5. The first-order valence-corrected chi connectivity index (χ1v) is 23.9. The number of carbonyl (C=O) groups excluding carboxylic acids is 2. The fourth-order valence-electron chi connectivity index (χ4n) is 7.36. The van der Waals surface area contributed by atoms with Gasteiger partial charge in [-0.15, -0.1) is 0 Å². The van der Waals surface area contributed by atoms with Gasteiger partial charge in [0.05, 0.1) is 0 Å². The topological polar surface area (TPSA) is 246 Å². The predicted molar refractivity (Wildman–Crippen MR) is 195 cm³/mol. The van der Waals surface area contributed by atoms with Gasteiger partial charge in [0, 0.05) is 13.0 Å². The molecule has 0 spiro atoms. The summed E-state index contributed by atoms with van der Waals surface area (Å²) in [4.78, 5) is 28.0. The molecule has 1 amide bonds. The maximum absolute atomic E-state index is 13.3. The summed E-state index contributed by atoms with van der Waals surface area (Å²) in [6.07, 6.45) is 10.5. The van der Waals surface area contributed by atoms with Gasteiger partial charge in [-0.25, -0.2) is 30.0 Å². The Morgan fingerprint density at radius 3 is 1.46 bits per heavy atom. The molecule has 0 saturated carbocycles. The van der Waals surface area contributed by atoms with Gasteiger partial charge in [-0.05, 0) is 51.4 Å². The molecular weight excluding hydrogens is 771 g/mol. The summed E-state index contributed by atoms with van der Waals surface area (Å²) in [6, 6.07) is -0.523. The average molecular weight is 833 g/mol. The average Bonchev–Trinajstić information content (AvgIpc) is 3.57. The van der Waals surface area contributed by atoms with Crippen molar-refractivity contribution in [3.63, 3.8) is 0 Å². The van der Waals surface area contributed by atoms with Crippen LogP contribution < -0.4 is 0 Å². The molecule has 0 N–H and O–H groups in total. The van der Waals surface area contributed by atoms with Crippen LogP contribution in [-0.2, 0) is 58.1 Å². The maximum atomic E-state index is 13.3. The first kappa shape index (κ1) is 48.7. The highest BCUT2D eigenvalue weighted by molar-refractivity contribution is 7.81. The lowest BCUT2D eigenvalue weighted by Gasteiger charge is -2.34. The molecule has 2 heterocycles. The smallest absolute Gasteiger partial charge is 0.329 e. The van der Waals surface area contributed by atoms with E-state index >= 15 is 0 Å². The van der Waals surface area contributed by atoms with Gasteiger partial charge >= 0.3 is 5.97 Å². The van der Waals surface area contributed by atoms with Crippen molar-refractivity contribution in [3.05, 3.63) is 0 Å². The summed E-state index contributed by atoms with van der Waals surface area (Å²) in [7, 11) is -16.6. The Hall–Kier alpha value is -1.45. The number of nitrogens with zero attached hydrogens (tertiary/aromatic N) is 1. The third-order valence-corrected chi connectivity index (χ3v) is 11.5. The molecule has 54 heavy (non-hydrogen) atoms. The van der Waals surface area contributed by atoms with E-state index in [4.69, 9.17) is 4.74 Å². The molecular formula is C35H62NO15S3-3. The molecule has 16 nitrogen and oxygen atoms in total. The number of esters is 1. The minimum Gasteiger partial charge on any atom is -0.726 e. The van der Waals surface area contributed by atoms with Crippen LogP contribution >= 0.6 is 0 Å². The van der Waals surface area contributed by atoms with Crippen molar-refractivity contribution in [2.45, 2.75) is 204 Å². The van der Waals surface area contributed by atoms with Crippen molar-refractivity contribution in [2.24, 2.45) is 0 Å². The van der Waals surface area contributed by atoms with Gasteiger partial charge in [-0.1, -0.05) is 116 Å². The number of hydrogen-bond acceptors (Lipinski definition) is 15. The van der Waals surface area contributed by atoms with Gasteiger partial charge in [0.25, 0.3) is 0 Å². The molecule has 0 bridgehead atoms. The SMILES string of the molecule is CCCC[C@H]1CCCCCCCCC[C@H](OS(=O)(=O)[O-])[C@H](OS(=O)(=O)[O-])[C@@H](OS(=O)(=O)[O-])CCCCCCCCCCCCC(=O)N2CCC[C@H]2C(=O)O1. The fraction of sp³-hybridized carbons (Fsp3) is 0.943. The standard InChI is InChI=1S/C35H65NO15S3/c1-2-3-22-29-23-17-13-9-8-11-15-19-26-32(50-53(42,43)44)34(51-54(45,46)47)31(49-52(39,40)41)25-18-14-10-6-4-5-7-12-16-20-27-33(37)36-28-21-24-30(36)35(38)48-29/h29-32,34H,2-28H2,1H3,(H,39,40,41)(H,42,43,44)(H,45,46,47)/p-3/t29-,30-,31-,32-,34+/m0/s1. The summed E-state index contributed by atoms with van der Waals surface area (Å²) in [6.45, 7) is 2.65. The van der Waals surface area contributed by atoms with E-state index in [1.807, 2.05) is 0 Å². The third kappa shape index (κ3) is 22.3. The monoisotopic (exact) mass is 832 g/mol. The zero-order chi connectivity index (χ0) is 40.0. The highest BCUT2D eigenvalue weighted by atomic mass is 32.3. The quantitative estimate of drug-likeness (QED) is 0.151. The van der Waals surface area contributed by atoms with Gasteiger partial charge < -0.3 is 23.3 Å². The molecule has 0 aromatic heterocycles. The predicted octanol–water partition coefficient (Wildman–Crippen LogP) is 5.82. The first-order chi connectivity index (χ1) is 25.5. The van der Waals surface area contributed by atoms with Crippen molar-refractivity contribution in [1.82, 2.24) is 4.90 Å². The Morgan fingerprint density at radius 1 is 0.593 bits per heavy atom. The van der Waals surface area contributed by atoms with Gasteiger partial charge in [0.1, 0.15) is 30.5 Å². The lowest BCUT2D eigenvalue weighted by molar-refractivity contribution is -0.158. The van der Waals surface area contributed by atoms with Crippen molar-refractivity contribution in [2.75, 3.05) is 6.54 Å². The van der Waals surface area contributed by atoms with Crippen LogP contribution in [-0.4, -0.2) is 92.7 Å². The molecule has 318 valence electrons. The van der Waals surface area contributed by atoms with Gasteiger partial charge in [-0.3, -0.25) is 17.3 Å². The molecule has 2 aliphatic rings. The van der Waals surface area contributed by atoms with E-state index in [-0.39, 0.29) is 43.7 Å². The van der Waals surface area contributed by atoms with Crippen LogP contribution in [0.25, 0.3) is 0 Å². The second-order valence-electron chi connectivity index (χ2n) is 14.6. The summed E-state index contributed by atoms with van der Waals surface area (Å²) < 4.78 is 124. The molecule has 0 aliphatic carbocycles. The number of amides is 1. The third-order valence-electron chi connectivity index (χ3n) is 10.1. The maximum Gasteiger partial charge on any atom is 0.329 e. The van der Waals surface area contributed by atoms with Crippen molar-refractivity contribution >= 4 is 43.1 Å². The molecule has 0 aromatic rings. The molecule has 0 aromatic carbocycles. The Kier molecular flexibility index (Phi) is 23.2. The van der Waals surface area contributed by atoms with Gasteiger partial charge in [0.2, 0.25) is 37.1 Å². The summed E-state index contributed by atoms with van der Waals surface area (Å²) in [5, 5.41) is 0. The Bertz CT molecular complexity index is 1410. The molecule has 19 heteroatoms. The highest BCUT2D eigenvalue weighted by Crippen LogP contribution is 2.27. The number of hydrogen-bond donors (Lipinski definition) is 0. The van der Waals surface area contributed by atoms with Crippen LogP contribution in [0.15, 0.2) is 0 Å². The highest BCUT2D eigenvalue weighted by Gasteiger charge is 2.37. The molecule has 0 radical (unpaired) electrons. The minimum atomic E-state index is -5.60. The Labute approximate surface area is 323 Å². The molecule has 2 rings (SSSR count). The van der Waals surface area contributed by atoms with E-state index in [2.05, 4.69) is 19.5 Å². The van der Waals surface area contributed by atoms with E-state index in [0.717, 1.165) is 96.3 Å². The van der Waals surface area contributed by atoms with Crippen LogP contribution in [0.5, 0.6) is 0 Å². The second-order valence-corrected chi connectivity index (χ2v) is 17.7. The zero-order valence-electron chi connectivity index (χ0n) is 31.8. The Morgan fingerprint density at radius 2 is 1.02 bits per heavy atom. The molecule has 2 fully saturated rings. The minimum absolute atomic E-state index is 0.00531. The molecule has 2 aliphatic heterocycles. The lowest BCUT2D eigenvalue weighted by atomic mass is 9.97.